The maximum absolute atomic E-state index is 8.58. The van der Waals surface area contributed by atoms with E-state index in [1.165, 1.54) is 0 Å². The van der Waals surface area contributed by atoms with E-state index in [1.807, 2.05) is 0 Å². The maximum atomic E-state index is 8.58. The fourth-order valence-electron chi connectivity index (χ4n) is 0. The second-order valence-corrected chi connectivity index (χ2v) is 0.258. The Bertz CT molecular complexity index is 77.8. The molecule has 0 aromatic carbocycles. The van der Waals surface area contributed by atoms with Gasteiger partial charge >= 0.3 is 43.0 Å². The number of hydrogen-bond donors (Lipinski definition) is 1. The zero-order valence-electron chi connectivity index (χ0n) is 4.09. The molecule has 67 valence electrons. The fraction of sp³-hybridized carbons (Fsp3) is 0. The Morgan fingerprint density at radius 1 is 1.40 bits per heavy atom. The van der Waals surface area contributed by atoms with Gasteiger partial charge in [0.15, 0.2) is 0 Å². The van der Waals surface area contributed by atoms with Crippen LogP contribution in [0.5, 0.6) is 0 Å². The molecule has 1 N–H and O–H groups in total. The van der Waals surface area contributed by atoms with Crippen molar-refractivity contribution in [3.05, 3.63) is 0 Å². The number of carbonyl (C=O) groups excluding carboxylic acids is 3. The van der Waals surface area contributed by atoms with E-state index in [1.54, 1.807) is 0 Å². The molecule has 0 unspecified atom stereocenters. The predicted octanol–water partition coefficient (Wildman–Crippen LogP) is -1.16. The number of rotatable bonds is 1. The molecule has 6 nitrogen and oxygen atoms in total. The van der Waals surface area contributed by atoms with Crippen LogP contribution < -0.4 is 0 Å². The molecule has 10 heavy (non-hydrogen) atoms. The van der Waals surface area contributed by atoms with Gasteiger partial charge in [-0.05, 0) is 6.47 Å². The summed E-state index contributed by atoms with van der Waals surface area (Å²) in [5.74, 6) is 0. The molecule has 8 heteroatoms. The molecule has 0 aromatic heterocycles. The van der Waals surface area contributed by atoms with E-state index in [0.29, 0.717) is 0 Å². The Labute approximate surface area is 74.3 Å². The SMILES string of the molecule is O=C=O.O=[C-]OO.[Cu+].[O]=[Cu]. The van der Waals surface area contributed by atoms with Crippen molar-refractivity contribution in [3.8, 4) is 0 Å². The summed E-state index contributed by atoms with van der Waals surface area (Å²) in [6, 6.07) is 0. The average Bonchev–Trinajstić information content (AvgIpc) is 1.94. The van der Waals surface area contributed by atoms with Gasteiger partial charge in [-0.15, -0.1) is 0 Å². The normalized spacial score (nSPS) is 3.50. The predicted molar refractivity (Wildman–Crippen MR) is 15.1 cm³/mol. The summed E-state index contributed by atoms with van der Waals surface area (Å²) in [5.41, 5.74) is 0. The Kier molecular flexibility index (Phi) is 163. The van der Waals surface area contributed by atoms with E-state index in [0.717, 1.165) is 6.47 Å². The second-order valence-electron chi connectivity index (χ2n) is 0.258. The van der Waals surface area contributed by atoms with E-state index >= 15 is 0 Å². The summed E-state index contributed by atoms with van der Waals surface area (Å²) < 4.78 is 7.81. The van der Waals surface area contributed by atoms with E-state index in [9.17, 15) is 0 Å². The van der Waals surface area contributed by atoms with Gasteiger partial charge in [-0.2, -0.15) is 9.59 Å². The quantitative estimate of drug-likeness (QED) is 0.272. The van der Waals surface area contributed by atoms with Crippen molar-refractivity contribution in [2.24, 2.45) is 0 Å². The molecule has 0 heterocycles. The molecular weight excluding hydrogens is 247 g/mol. The van der Waals surface area contributed by atoms with Gasteiger partial charge in [0.2, 0.25) is 0 Å². The zero-order valence-corrected chi connectivity index (χ0v) is 5.97. The van der Waals surface area contributed by atoms with Crippen LogP contribution in [-0.2, 0) is 56.1 Å². The Balaban J connectivity index is -0.0000000273. The zero-order chi connectivity index (χ0) is 8.12. The van der Waals surface area contributed by atoms with Gasteiger partial charge in [0.1, 0.15) is 0 Å². The van der Waals surface area contributed by atoms with E-state index in [-0.39, 0.29) is 23.2 Å². The summed E-state index contributed by atoms with van der Waals surface area (Å²) in [6.45, 7) is 0.736. The number of hydrogen-bond acceptors (Lipinski definition) is 6. The van der Waals surface area contributed by atoms with Gasteiger partial charge in [0, 0.05) is 0 Å². The summed E-state index contributed by atoms with van der Waals surface area (Å²) in [7, 11) is 0. The summed E-state index contributed by atoms with van der Waals surface area (Å²) in [6.07, 6.45) is 0.250. The molecule has 0 atom stereocenters. The second kappa shape index (κ2) is 72.1. The molecule has 0 rings (SSSR count). The van der Waals surface area contributed by atoms with Crippen molar-refractivity contribution in [2.75, 3.05) is 0 Å². The molecular formula is C2HCu2O6. The molecule has 0 saturated carbocycles. The van der Waals surface area contributed by atoms with Crippen molar-refractivity contribution < 1.29 is 61.4 Å². The van der Waals surface area contributed by atoms with Crippen molar-refractivity contribution in [1.82, 2.24) is 0 Å². The van der Waals surface area contributed by atoms with Crippen molar-refractivity contribution >= 4 is 12.6 Å². The molecule has 0 radical (unpaired) electrons. The van der Waals surface area contributed by atoms with Crippen LogP contribution in [0.4, 0.5) is 0 Å². The monoisotopic (exact) mass is 247 g/mol. The third-order valence-electron chi connectivity index (χ3n) is 0.0373. The van der Waals surface area contributed by atoms with Crippen LogP contribution in [0.15, 0.2) is 0 Å². The molecule has 0 bridgehead atoms. The summed E-state index contributed by atoms with van der Waals surface area (Å²) in [5, 5.41) is 6.95. The molecule has 0 amide bonds. The van der Waals surface area contributed by atoms with Crippen LogP contribution in [0.25, 0.3) is 0 Å². The minimum absolute atomic E-state index is 0. The third kappa shape index (κ3) is 803. The summed E-state index contributed by atoms with van der Waals surface area (Å²) >= 11 is 2.94. The first-order valence-electron chi connectivity index (χ1n) is 1.12. The Hall–Kier alpha value is -0.351. The molecule has 0 aliphatic heterocycles. The van der Waals surface area contributed by atoms with Crippen molar-refractivity contribution in [1.29, 1.82) is 0 Å². The van der Waals surface area contributed by atoms with Crippen molar-refractivity contribution in [2.45, 2.75) is 0 Å². The summed E-state index contributed by atoms with van der Waals surface area (Å²) in [4.78, 5) is 27.6. The van der Waals surface area contributed by atoms with E-state index < -0.39 is 0 Å². The van der Waals surface area contributed by atoms with Crippen LogP contribution in [0, 0.1) is 0 Å². The molecule has 0 aromatic rings. The van der Waals surface area contributed by atoms with Crippen LogP contribution >= 0.6 is 0 Å². The topological polar surface area (TPSA) is 97.7 Å². The third-order valence-corrected chi connectivity index (χ3v) is 0.0373. The van der Waals surface area contributed by atoms with E-state index in [2.05, 4.69) is 20.8 Å². The van der Waals surface area contributed by atoms with Gasteiger partial charge in [-0.3, -0.25) is 0 Å². The average molecular weight is 248 g/mol. The van der Waals surface area contributed by atoms with E-state index in [4.69, 9.17) is 23.5 Å². The molecule has 0 spiro atoms. The van der Waals surface area contributed by atoms with Gasteiger partial charge in [-0.25, -0.2) is 5.26 Å². The first-order valence-corrected chi connectivity index (χ1v) is 1.51. The van der Waals surface area contributed by atoms with Gasteiger partial charge < -0.3 is 9.68 Å². The first kappa shape index (κ1) is 22.6. The molecule has 0 saturated heterocycles. The minimum atomic E-state index is 0. The standard InChI is InChI=1S/CHO3.CO2.2Cu.O/c2-1-4-3;2-1-3;;;/h3H;;;;/q-1;;;+1;. The van der Waals surface area contributed by atoms with Crippen LogP contribution in [0.3, 0.4) is 0 Å². The fourth-order valence-corrected chi connectivity index (χ4v) is 0. The Morgan fingerprint density at radius 3 is 1.50 bits per heavy atom. The van der Waals surface area contributed by atoms with Gasteiger partial charge in [0.25, 0.3) is 0 Å². The first-order chi connectivity index (χ1) is 4.33. The Morgan fingerprint density at radius 2 is 1.50 bits per heavy atom. The van der Waals surface area contributed by atoms with Crippen molar-refractivity contribution in [3.63, 3.8) is 0 Å². The molecule has 0 aliphatic carbocycles. The van der Waals surface area contributed by atoms with Crippen LogP contribution in [0.1, 0.15) is 0 Å². The van der Waals surface area contributed by atoms with Gasteiger partial charge in [-0.1, -0.05) is 0 Å². The van der Waals surface area contributed by atoms with Crippen LogP contribution in [0.2, 0.25) is 0 Å². The molecule has 0 fully saturated rings. The van der Waals surface area contributed by atoms with Crippen LogP contribution in [-0.4, -0.2) is 17.9 Å². The van der Waals surface area contributed by atoms with Gasteiger partial charge in [0.05, 0.1) is 0 Å². The molecule has 0 aliphatic rings.